The number of ketones is 5. The van der Waals surface area contributed by atoms with Crippen LogP contribution >= 0.6 is 0 Å². The Morgan fingerprint density at radius 1 is 0.392 bits per heavy atom. The lowest BCUT2D eigenvalue weighted by atomic mass is 9.53. The molecule has 5 heterocycles. The molecule has 17 rings (SSSR count). The zero-order valence-corrected chi connectivity index (χ0v) is 87.8. The minimum absolute atomic E-state index is 0.0354. The second-order valence-electron chi connectivity index (χ2n) is 43.1. The largest absolute Gasteiger partial charge is 0.416 e. The summed E-state index contributed by atoms with van der Waals surface area (Å²) in [5.74, 6) is -13.4. The number of aryl methyl sites for hydroxylation is 1. The first-order chi connectivity index (χ1) is 69.0. The summed E-state index contributed by atoms with van der Waals surface area (Å²) in [6.07, 6.45) is 2.60. The fourth-order valence-electron chi connectivity index (χ4n) is 23.9. The van der Waals surface area contributed by atoms with E-state index in [0.29, 0.717) is 79.3 Å². The molecule has 9 aromatic rings. The number of Topliss-reactive ketones (excluding diaryl/α,β-unsaturated/α-hetero) is 5. The summed E-state index contributed by atoms with van der Waals surface area (Å²) < 4.78 is 242. The number of carbonyl (C=O) groups excluding carboxylic acids is 6. The van der Waals surface area contributed by atoms with Crippen LogP contribution in [0.15, 0.2) is 179 Å². The molecule has 4 aliphatic carbocycles. The first-order valence-electron chi connectivity index (χ1n) is 49.4. The van der Waals surface area contributed by atoms with Gasteiger partial charge in [0, 0.05) is 94.9 Å². The Balaban J connectivity index is 0.000000156. The van der Waals surface area contributed by atoms with Crippen LogP contribution in [-0.4, -0.2) is 163 Å². The third-order valence-corrected chi connectivity index (χ3v) is 40.7. The molecule has 2 unspecified atom stereocenters. The lowest BCUT2D eigenvalue weighted by Gasteiger charge is -2.51. The van der Waals surface area contributed by atoms with Crippen LogP contribution < -0.4 is 11.2 Å². The van der Waals surface area contributed by atoms with Gasteiger partial charge in [-0.15, -0.1) is 0 Å². The molecule has 7 N–H and O–H groups in total. The number of halogens is 8. The van der Waals surface area contributed by atoms with Gasteiger partial charge < -0.3 is 24.8 Å². The molecule has 10 atom stereocenters. The van der Waals surface area contributed by atoms with Crippen molar-refractivity contribution in [2.24, 2.45) is 11.8 Å². The highest BCUT2D eigenvalue weighted by atomic mass is 32.2. The highest BCUT2D eigenvalue weighted by molar-refractivity contribution is 7.90. The molecule has 4 saturated heterocycles. The Labute approximate surface area is 856 Å². The van der Waals surface area contributed by atoms with E-state index in [0.717, 1.165) is 48.5 Å². The van der Waals surface area contributed by atoms with Crippen LogP contribution in [0.25, 0.3) is 0 Å². The Morgan fingerprint density at radius 2 is 0.649 bits per heavy atom. The standard InChI is InChI=1S/C28H33F2NO5S.C27H32F2N2O6S.C27H30F2N2O5S.C27H31F2NO5S/c1-17-10-11-25(20-8-6-5-7-9-20)37(35,36)31(17)14-21-12-24(30)22(13-23(21)29)28(15-27(4,34)16-28)26(33)18(2)19(3)32;1-16-9-10-23(18-7-5-4-6-8-18)38(36,37)31(16)13-19-11-22(29)20(12-21(19)28)27(14-26(3,34)15-27)24(32)17(2)25(33)30-35;1-16-9-10-23(18-7-5-4-6-8-18)37(34,35)31(16)13-19-11-22(29)20(12-21(19)28)27(14-26(3,33)15-27)24-17(2)30-25(32)36-24;1-17-9-10-24(19-7-5-4-6-8-19)36(34,35)30(17)14-20-12-23(29)21(13-22(20)28)27(15-26(3,33)16-27)25(32)11-18(2)31/h5-9,12-13,17-18,25,34H,10-11,14-16H2,1-4H3;4-8,11-12,16-17,23,34-35H,9-10,13-15H2,1-3H3,(H,30,33);4-8,11-12,16,23,33H,9-10,13-15H2,1-3H3,(H,30,32);4-8,12-13,17,24,33H,9-11,14-16H2,1-3H3/t17-,18?,25+,27?,28?;16-,17?,23+,26?,27?;16-,23+,26?,27?;17-,24+,26?,27?/m0000/s1. The number of aliphatic hydroxyl groups is 4. The zero-order chi connectivity index (χ0) is 109. The summed E-state index contributed by atoms with van der Waals surface area (Å²) in [6, 6.07) is 41.2. The Morgan fingerprint density at radius 3 is 0.899 bits per heavy atom. The molecule has 148 heavy (non-hydrogen) atoms. The molecular weight excluding hydrogens is 2010 g/mol. The van der Waals surface area contributed by atoms with Crippen LogP contribution in [0, 0.1) is 65.3 Å². The highest BCUT2D eigenvalue weighted by Crippen LogP contribution is 2.59. The minimum atomic E-state index is -3.89. The Kier molecular flexibility index (Phi) is 32.5. The van der Waals surface area contributed by atoms with E-state index in [9.17, 15) is 87.7 Å². The maximum atomic E-state index is 15.7. The molecule has 0 radical (unpaired) electrons. The number of aromatic nitrogens is 1. The highest BCUT2D eigenvalue weighted by Gasteiger charge is 2.63. The number of hydroxylamine groups is 1. The van der Waals surface area contributed by atoms with Gasteiger partial charge >= 0.3 is 5.76 Å². The predicted octanol–water partition coefficient (Wildman–Crippen LogP) is 16.9. The molecule has 8 fully saturated rings. The number of H-pyrrole nitrogens is 1. The van der Waals surface area contributed by atoms with Gasteiger partial charge in [-0.3, -0.25) is 39.0 Å². The number of hydrogen-bond acceptors (Lipinski definition) is 21. The van der Waals surface area contributed by atoms with Crippen molar-refractivity contribution < 1.29 is 128 Å². The number of nitrogens with one attached hydrogen (secondary N) is 2. The van der Waals surface area contributed by atoms with Crippen molar-refractivity contribution in [1.82, 2.24) is 27.7 Å². The quantitative estimate of drug-likeness (QED) is 0.0115. The van der Waals surface area contributed by atoms with Crippen LogP contribution in [0.4, 0.5) is 35.1 Å². The number of hydrogen-bond donors (Lipinski definition) is 7. The van der Waals surface area contributed by atoms with Gasteiger partial charge in [0.2, 0.25) is 40.1 Å². The monoisotopic (exact) mass is 2130 g/mol. The van der Waals surface area contributed by atoms with Crippen LogP contribution in [0.3, 0.4) is 0 Å². The van der Waals surface area contributed by atoms with E-state index in [2.05, 4.69) is 4.98 Å². The molecule has 0 spiro atoms. The number of aromatic amines is 1. The van der Waals surface area contributed by atoms with Crippen LogP contribution in [0.2, 0.25) is 0 Å². The van der Waals surface area contributed by atoms with E-state index in [-0.39, 0.29) is 127 Å². The summed E-state index contributed by atoms with van der Waals surface area (Å²) in [5, 5.41) is 47.4. The third kappa shape index (κ3) is 22.3. The van der Waals surface area contributed by atoms with Gasteiger partial charge in [-0.2, -0.15) is 17.2 Å². The van der Waals surface area contributed by atoms with E-state index in [1.54, 1.807) is 157 Å². The molecule has 39 heteroatoms. The second-order valence-corrected chi connectivity index (χ2v) is 51.4. The molecule has 8 aromatic carbocycles. The van der Waals surface area contributed by atoms with E-state index in [1.807, 2.05) is 6.07 Å². The maximum absolute atomic E-state index is 15.7. The first kappa shape index (κ1) is 113. The molecule has 4 aliphatic heterocycles. The number of sulfonamides is 4. The molecule has 1 amide bonds. The van der Waals surface area contributed by atoms with Crippen molar-refractivity contribution in [2.45, 2.75) is 315 Å². The average Bonchev–Trinajstić information content (AvgIpc) is 1.25. The van der Waals surface area contributed by atoms with Crippen LogP contribution in [0.5, 0.6) is 0 Å². The van der Waals surface area contributed by atoms with Crippen LogP contribution in [0.1, 0.15) is 291 Å². The summed E-state index contributed by atoms with van der Waals surface area (Å²) in [7, 11) is -15.4. The third-order valence-electron chi connectivity index (χ3n) is 31.2. The SMILES string of the molecule is CC(=O)C(C)C(=O)C1(c2cc(F)c(CN3[C@@H](C)CC[C@H](c4ccccc4)S3(=O)=O)cc2F)CC(C)(O)C1.CC(=O)CC(=O)C1(c2cc(F)c(CN3[C@@H](C)CC[C@H](c4ccccc4)S3(=O)=O)cc2F)CC(C)(O)C1.CC(C(=O)NO)C(=O)C1(c2cc(F)c(CN3[C@@H](C)CC[C@H](c4ccccc4)S3(=O)=O)cc2F)CC(C)(O)C1.Cc1[nH]c(=O)oc1C1(c2cc(F)c(CN3[C@@H](C)CC[C@H](c4ccccc4)S3(=O)=O)cc2F)CC(C)(O)C1. The molecule has 1 aromatic heterocycles. The summed E-state index contributed by atoms with van der Waals surface area (Å²) in [4.78, 5) is 89.1. The fraction of sp³-hybridized carbons (Fsp3) is 0.477. The first-order valence-corrected chi connectivity index (χ1v) is 55.4. The van der Waals surface area contributed by atoms with Crippen LogP contribution in [-0.2, 0) is 117 Å². The predicted molar refractivity (Wildman–Crippen MR) is 533 cm³/mol. The van der Waals surface area contributed by atoms with Gasteiger partial charge in [-0.1, -0.05) is 121 Å². The zero-order valence-electron chi connectivity index (χ0n) is 84.5. The van der Waals surface area contributed by atoms with Crippen molar-refractivity contribution >= 4 is 74.9 Å². The number of nitrogens with zero attached hydrogens (tertiary/aromatic N) is 4. The Bertz CT molecular complexity index is 7110. The number of rotatable bonds is 26. The molecule has 8 aliphatic rings. The van der Waals surface area contributed by atoms with E-state index >= 15 is 35.1 Å². The topological polar surface area (TPSA) is 411 Å². The van der Waals surface area contributed by atoms with Gasteiger partial charge in [0.05, 0.1) is 68.0 Å². The molecule has 0 bridgehead atoms. The Hall–Kier alpha value is -10.5. The summed E-state index contributed by atoms with van der Waals surface area (Å²) in [5.41, 5.74) is -7.85. The number of amides is 1. The van der Waals surface area contributed by atoms with Crippen molar-refractivity contribution in [2.75, 3.05) is 0 Å². The van der Waals surface area contributed by atoms with Crippen molar-refractivity contribution in [3.05, 3.63) is 305 Å². The summed E-state index contributed by atoms with van der Waals surface area (Å²) >= 11 is 0. The molecule has 4 saturated carbocycles. The number of benzene rings is 8. The van der Waals surface area contributed by atoms with Gasteiger partial charge in [0.15, 0.2) is 17.3 Å². The van der Waals surface area contributed by atoms with Crippen molar-refractivity contribution in [1.29, 1.82) is 0 Å². The van der Waals surface area contributed by atoms with E-state index in [1.165, 1.54) is 71.2 Å². The molecular formula is C109H126F8N6O21S4. The summed E-state index contributed by atoms with van der Waals surface area (Å²) in [6.45, 7) is 18.4. The van der Waals surface area contributed by atoms with Gasteiger partial charge in [0.1, 0.15) is 84.9 Å². The van der Waals surface area contributed by atoms with Crippen molar-refractivity contribution in [3.63, 3.8) is 0 Å². The average molecular weight is 2140 g/mol. The van der Waals surface area contributed by atoms with E-state index < -0.39 is 235 Å². The normalized spacial score (nSPS) is 29.9. The molecule has 27 nitrogen and oxygen atoms in total. The van der Waals surface area contributed by atoms with Crippen molar-refractivity contribution in [3.8, 4) is 0 Å². The van der Waals surface area contributed by atoms with Gasteiger partial charge in [0.25, 0.3) is 5.91 Å². The number of carbonyl (C=O) groups is 6. The number of oxazole rings is 1. The van der Waals surface area contributed by atoms with E-state index in [4.69, 9.17) is 9.62 Å². The van der Waals surface area contributed by atoms with Gasteiger partial charge in [-0.25, -0.2) is 79.1 Å². The lowest BCUT2D eigenvalue weighted by molar-refractivity contribution is -0.153. The minimum Gasteiger partial charge on any atom is -0.412 e. The second kappa shape index (κ2) is 42.6. The molecule has 798 valence electrons. The lowest BCUT2D eigenvalue weighted by Crippen LogP contribution is -2.60. The maximum Gasteiger partial charge on any atom is 0.416 e. The smallest absolute Gasteiger partial charge is 0.412 e. The van der Waals surface area contributed by atoms with Gasteiger partial charge in [-0.05, 0) is 264 Å². The fourth-order valence-corrected chi connectivity index (χ4v) is 32.6.